The number of hydrogen-bond acceptors (Lipinski definition) is 5. The van der Waals surface area contributed by atoms with Gasteiger partial charge in [-0.2, -0.15) is 0 Å². The van der Waals surface area contributed by atoms with Gasteiger partial charge in [-0.3, -0.25) is 14.5 Å². The van der Waals surface area contributed by atoms with E-state index in [-0.39, 0.29) is 0 Å². The van der Waals surface area contributed by atoms with E-state index in [4.69, 9.17) is 15.0 Å². The molecule has 0 aliphatic carbocycles. The highest BCUT2D eigenvalue weighted by Gasteiger charge is 2.47. The molecule has 0 atom stereocenters. The first-order valence-electron chi connectivity index (χ1n) is 26.0. The minimum Gasteiger partial charge on any atom is -0.309 e. The molecule has 0 bridgehead atoms. The SMILES string of the molecule is c1ccc(-n2c3ccccc3c3cc(-c4ccc5sc6c([Si](c7ccccc7)(c7ccccc7)c7nccc8c7sc7ccc(-c9ccc%10c(c9)c9cccnc9n%10-c9ccccc9)cc78)nccc6c5c4)ccc32)cc1. The maximum atomic E-state index is 5.59. The molecule has 360 valence electrons. The molecule has 7 aromatic heterocycles. The van der Waals surface area contributed by atoms with Gasteiger partial charge in [-0.1, -0.05) is 140 Å². The van der Waals surface area contributed by atoms with Crippen LogP contribution in [0, 0.1) is 0 Å². The number of para-hydroxylation sites is 3. The molecular weight excluding hydrogens is 991 g/mol. The van der Waals surface area contributed by atoms with E-state index in [2.05, 4.69) is 252 Å². The van der Waals surface area contributed by atoms with E-state index >= 15 is 0 Å². The molecule has 0 aliphatic rings. The van der Waals surface area contributed by atoms with E-state index in [9.17, 15) is 0 Å². The zero-order chi connectivity index (χ0) is 50.6. The fraction of sp³-hybridized carbons (Fsp3) is 0. The van der Waals surface area contributed by atoms with Gasteiger partial charge in [-0.15, -0.1) is 22.7 Å². The normalized spacial score (nSPS) is 12.2. The summed E-state index contributed by atoms with van der Waals surface area (Å²) in [6.07, 6.45) is 5.99. The summed E-state index contributed by atoms with van der Waals surface area (Å²) < 4.78 is 9.54. The maximum absolute atomic E-state index is 5.59. The zero-order valence-corrected chi connectivity index (χ0v) is 44.0. The van der Waals surface area contributed by atoms with Crippen LogP contribution in [0.3, 0.4) is 0 Å². The molecule has 16 aromatic rings. The number of hydrogen-bond donors (Lipinski definition) is 0. The van der Waals surface area contributed by atoms with Crippen LogP contribution in [0.2, 0.25) is 0 Å². The van der Waals surface area contributed by atoms with E-state index in [1.807, 2.05) is 41.1 Å². The minimum absolute atomic E-state index is 0.957. The monoisotopic (exact) mass is 1030 g/mol. The van der Waals surface area contributed by atoms with E-state index in [1.54, 1.807) is 0 Å². The van der Waals surface area contributed by atoms with Crippen LogP contribution in [0.4, 0.5) is 0 Å². The van der Waals surface area contributed by atoms with Crippen LogP contribution in [0.25, 0.3) is 118 Å². The van der Waals surface area contributed by atoms with Crippen molar-refractivity contribution in [3.63, 3.8) is 0 Å². The summed E-state index contributed by atoms with van der Waals surface area (Å²) in [6, 6.07) is 88.8. The number of rotatable bonds is 8. The summed E-state index contributed by atoms with van der Waals surface area (Å²) in [5.41, 5.74) is 11.5. The van der Waals surface area contributed by atoms with Crippen molar-refractivity contribution in [2.75, 3.05) is 0 Å². The summed E-state index contributed by atoms with van der Waals surface area (Å²) in [5, 5.41) is 14.4. The molecule has 16 rings (SSSR count). The quantitative estimate of drug-likeness (QED) is 0.143. The Morgan fingerprint density at radius 2 is 0.727 bits per heavy atom. The molecule has 77 heavy (non-hydrogen) atoms. The Balaban J connectivity index is 0.878. The van der Waals surface area contributed by atoms with Crippen molar-refractivity contribution >= 4 is 136 Å². The Labute approximate surface area is 451 Å². The van der Waals surface area contributed by atoms with Crippen LogP contribution in [0.1, 0.15) is 0 Å². The molecule has 0 amide bonds. The second-order valence-corrected chi connectivity index (χ2v) is 25.6. The van der Waals surface area contributed by atoms with Crippen LogP contribution in [-0.2, 0) is 0 Å². The Bertz CT molecular complexity index is 4670. The average Bonchev–Trinajstić information content (AvgIpc) is 4.48. The van der Waals surface area contributed by atoms with Gasteiger partial charge < -0.3 is 4.57 Å². The predicted octanol–water partition coefficient (Wildman–Crippen LogP) is 15.5. The molecule has 5 nitrogen and oxygen atoms in total. The number of aromatic nitrogens is 5. The maximum Gasteiger partial charge on any atom is 0.227 e. The highest BCUT2D eigenvalue weighted by atomic mass is 32.1. The average molecular weight is 1030 g/mol. The van der Waals surface area contributed by atoms with E-state index in [0.717, 1.165) is 38.6 Å². The van der Waals surface area contributed by atoms with Gasteiger partial charge in [-0.05, 0) is 136 Å². The van der Waals surface area contributed by atoms with Gasteiger partial charge in [0.1, 0.15) is 5.65 Å². The van der Waals surface area contributed by atoms with Crippen LogP contribution < -0.4 is 21.0 Å². The molecule has 9 aromatic carbocycles. The topological polar surface area (TPSA) is 48.5 Å². The number of pyridine rings is 3. The van der Waals surface area contributed by atoms with E-state index < -0.39 is 8.07 Å². The Hall–Kier alpha value is -9.31. The Morgan fingerprint density at radius 1 is 0.299 bits per heavy atom. The summed E-state index contributed by atoms with van der Waals surface area (Å²) in [7, 11) is -3.29. The number of nitrogens with zero attached hydrogens (tertiary/aromatic N) is 5. The molecule has 0 aliphatic heterocycles. The molecule has 0 spiro atoms. The third-order valence-electron chi connectivity index (χ3n) is 15.8. The molecule has 0 saturated heterocycles. The first-order valence-corrected chi connectivity index (χ1v) is 29.6. The third kappa shape index (κ3) is 6.66. The third-order valence-corrected chi connectivity index (χ3v) is 23.1. The largest absolute Gasteiger partial charge is 0.309 e. The van der Waals surface area contributed by atoms with Gasteiger partial charge in [0.05, 0.1) is 36.6 Å². The standard InChI is InChI=1S/C69H43N5S2Si/c1-5-16-48(17-6-1)73-60-26-14-13-24-52(60)56-40-44(27-31-61(56)73)46-29-33-63-58(42-46)53-35-38-71-68(65(53)75-63)77(50-20-9-3-10-21-50,51-22-11-4-12-23-51)69-66-54(36-39-72-69)59-43-47(30-34-64(59)76-66)45-28-32-62-57(41-45)55-25-15-37-70-67(55)74(62)49-18-7-2-8-19-49/h1-43H. The summed E-state index contributed by atoms with van der Waals surface area (Å²) in [4.78, 5) is 16.1. The molecule has 7 heterocycles. The van der Waals surface area contributed by atoms with Gasteiger partial charge in [-0.25, -0.2) is 4.98 Å². The van der Waals surface area contributed by atoms with Crippen molar-refractivity contribution in [1.29, 1.82) is 0 Å². The minimum atomic E-state index is -3.29. The van der Waals surface area contributed by atoms with Crippen LogP contribution >= 0.6 is 22.7 Å². The summed E-state index contributed by atoms with van der Waals surface area (Å²) >= 11 is 3.71. The molecular formula is C69H43N5S2Si. The van der Waals surface area contributed by atoms with Crippen molar-refractivity contribution in [1.82, 2.24) is 24.1 Å². The summed E-state index contributed by atoms with van der Waals surface area (Å²) in [5.74, 6) is 0. The molecule has 0 unspecified atom stereocenters. The van der Waals surface area contributed by atoms with Crippen LogP contribution in [0.15, 0.2) is 261 Å². The zero-order valence-electron chi connectivity index (χ0n) is 41.4. The number of thiophene rings is 2. The van der Waals surface area contributed by atoms with Gasteiger partial charge >= 0.3 is 0 Å². The molecule has 0 N–H and O–H groups in total. The summed E-state index contributed by atoms with van der Waals surface area (Å²) in [6.45, 7) is 0. The smallest absolute Gasteiger partial charge is 0.227 e. The highest BCUT2D eigenvalue weighted by molar-refractivity contribution is 7.33. The van der Waals surface area contributed by atoms with Gasteiger partial charge in [0.25, 0.3) is 0 Å². The van der Waals surface area contributed by atoms with Crippen LogP contribution in [0.5, 0.6) is 0 Å². The van der Waals surface area contributed by atoms with Gasteiger partial charge in [0.2, 0.25) is 8.07 Å². The lowest BCUT2D eigenvalue weighted by Gasteiger charge is -2.32. The fourth-order valence-electron chi connectivity index (χ4n) is 12.4. The number of benzene rings is 9. The Morgan fingerprint density at radius 3 is 1.29 bits per heavy atom. The van der Waals surface area contributed by atoms with E-state index in [1.165, 1.54) is 100 Å². The molecule has 8 heteroatoms. The molecule has 0 fully saturated rings. The fourth-order valence-corrected chi connectivity index (χ4v) is 20.3. The Kier molecular flexibility index (Phi) is 9.93. The lowest BCUT2D eigenvalue weighted by molar-refractivity contribution is 1.14. The van der Waals surface area contributed by atoms with E-state index in [0.29, 0.717) is 0 Å². The second kappa shape index (κ2) is 17.4. The second-order valence-electron chi connectivity index (χ2n) is 19.9. The molecule has 0 saturated carbocycles. The van der Waals surface area contributed by atoms with Crippen molar-refractivity contribution < 1.29 is 0 Å². The van der Waals surface area contributed by atoms with Gasteiger partial charge in [0, 0.05) is 82.5 Å². The lowest BCUT2D eigenvalue weighted by Crippen LogP contribution is -2.76. The van der Waals surface area contributed by atoms with Crippen LogP contribution in [-0.4, -0.2) is 32.2 Å². The van der Waals surface area contributed by atoms with Gasteiger partial charge in [0.15, 0.2) is 0 Å². The predicted molar refractivity (Wildman–Crippen MR) is 329 cm³/mol. The highest BCUT2D eigenvalue weighted by Crippen LogP contribution is 2.42. The lowest BCUT2D eigenvalue weighted by atomic mass is 10.0. The van der Waals surface area contributed by atoms with Crippen molar-refractivity contribution in [3.8, 4) is 33.6 Å². The number of fused-ring (bicyclic) bond motifs is 12. The van der Waals surface area contributed by atoms with Crippen molar-refractivity contribution in [3.05, 3.63) is 261 Å². The van der Waals surface area contributed by atoms with Crippen molar-refractivity contribution in [2.45, 2.75) is 0 Å². The van der Waals surface area contributed by atoms with Crippen molar-refractivity contribution in [2.24, 2.45) is 0 Å². The molecule has 0 radical (unpaired) electrons. The first-order chi connectivity index (χ1) is 38.2. The first kappa shape index (κ1) is 44.0.